The standard InChI is InChI=1S/C17H20N2O6/c20-15(14-5-2-8-23-14)18-13-4-1-3-12(11-13)16(21)24-9-6-19-7-10-25-17(19)22/h1,3-4,11,14H,2,5-10H2,(H,18,20). The molecule has 1 atom stereocenters. The maximum atomic E-state index is 12.1. The smallest absolute Gasteiger partial charge is 0.410 e. The van der Waals surface area contributed by atoms with Crippen molar-refractivity contribution >= 4 is 23.7 Å². The summed E-state index contributed by atoms with van der Waals surface area (Å²) in [4.78, 5) is 36.9. The van der Waals surface area contributed by atoms with Crippen molar-refractivity contribution in [3.05, 3.63) is 29.8 Å². The summed E-state index contributed by atoms with van der Waals surface area (Å²) in [7, 11) is 0. The van der Waals surface area contributed by atoms with Crippen molar-refractivity contribution in [2.24, 2.45) is 0 Å². The van der Waals surface area contributed by atoms with Crippen LogP contribution in [0.15, 0.2) is 24.3 Å². The molecule has 3 rings (SSSR count). The van der Waals surface area contributed by atoms with Crippen molar-refractivity contribution in [2.45, 2.75) is 18.9 Å². The van der Waals surface area contributed by atoms with Crippen molar-refractivity contribution in [3.63, 3.8) is 0 Å². The van der Waals surface area contributed by atoms with E-state index in [-0.39, 0.29) is 12.5 Å². The van der Waals surface area contributed by atoms with Gasteiger partial charge >= 0.3 is 12.1 Å². The van der Waals surface area contributed by atoms with Crippen molar-refractivity contribution < 1.29 is 28.6 Å². The number of hydrogen-bond acceptors (Lipinski definition) is 6. The van der Waals surface area contributed by atoms with Crippen LogP contribution in [0.5, 0.6) is 0 Å². The van der Waals surface area contributed by atoms with Crippen LogP contribution in [0.25, 0.3) is 0 Å². The summed E-state index contributed by atoms with van der Waals surface area (Å²) in [6.07, 6.45) is 0.743. The van der Waals surface area contributed by atoms with E-state index < -0.39 is 18.2 Å². The number of anilines is 1. The molecule has 0 radical (unpaired) electrons. The van der Waals surface area contributed by atoms with Gasteiger partial charge in [0, 0.05) is 12.3 Å². The third-order valence-corrected chi connectivity index (χ3v) is 4.03. The molecule has 2 fully saturated rings. The van der Waals surface area contributed by atoms with Gasteiger partial charge in [0.05, 0.1) is 18.7 Å². The molecule has 1 unspecified atom stereocenters. The molecule has 134 valence electrons. The van der Waals surface area contributed by atoms with E-state index in [0.29, 0.717) is 44.0 Å². The maximum absolute atomic E-state index is 12.1. The number of hydrogen-bond donors (Lipinski definition) is 1. The zero-order valence-electron chi connectivity index (χ0n) is 13.7. The van der Waals surface area contributed by atoms with Crippen LogP contribution in [0.3, 0.4) is 0 Å². The highest BCUT2D eigenvalue weighted by molar-refractivity contribution is 5.96. The summed E-state index contributed by atoms with van der Waals surface area (Å²) in [6, 6.07) is 6.52. The second-order valence-corrected chi connectivity index (χ2v) is 5.81. The first-order chi connectivity index (χ1) is 12.1. The van der Waals surface area contributed by atoms with E-state index in [1.165, 1.54) is 4.90 Å². The van der Waals surface area contributed by atoms with Crippen LogP contribution in [0.4, 0.5) is 10.5 Å². The molecule has 0 bridgehead atoms. The van der Waals surface area contributed by atoms with Crippen molar-refractivity contribution in [1.29, 1.82) is 0 Å². The van der Waals surface area contributed by atoms with Gasteiger partial charge in [0.2, 0.25) is 0 Å². The molecule has 1 aromatic carbocycles. The van der Waals surface area contributed by atoms with Crippen LogP contribution in [0.1, 0.15) is 23.2 Å². The summed E-state index contributed by atoms with van der Waals surface area (Å²) in [5.41, 5.74) is 0.840. The number of esters is 1. The zero-order chi connectivity index (χ0) is 17.6. The molecule has 2 heterocycles. The number of ether oxygens (including phenoxy) is 3. The predicted octanol–water partition coefficient (Wildman–Crippen LogP) is 1.41. The van der Waals surface area contributed by atoms with Gasteiger partial charge in [0.15, 0.2) is 0 Å². The molecule has 25 heavy (non-hydrogen) atoms. The van der Waals surface area contributed by atoms with E-state index in [0.717, 1.165) is 6.42 Å². The number of carbonyl (C=O) groups is 3. The van der Waals surface area contributed by atoms with Crippen LogP contribution >= 0.6 is 0 Å². The van der Waals surface area contributed by atoms with Crippen LogP contribution < -0.4 is 5.32 Å². The minimum Gasteiger partial charge on any atom is -0.460 e. The summed E-state index contributed by atoms with van der Waals surface area (Å²) >= 11 is 0. The number of carbonyl (C=O) groups excluding carboxylic acids is 3. The molecule has 0 aromatic heterocycles. The van der Waals surface area contributed by atoms with Crippen molar-refractivity contribution in [1.82, 2.24) is 4.90 Å². The molecule has 2 saturated heterocycles. The maximum Gasteiger partial charge on any atom is 0.410 e. The number of nitrogens with zero attached hydrogens (tertiary/aromatic N) is 1. The summed E-state index contributed by atoms with van der Waals surface area (Å²) in [5.74, 6) is -0.726. The number of benzene rings is 1. The molecular formula is C17H20N2O6. The Balaban J connectivity index is 1.50. The molecule has 1 aromatic rings. The second-order valence-electron chi connectivity index (χ2n) is 5.81. The predicted molar refractivity (Wildman–Crippen MR) is 87.2 cm³/mol. The SMILES string of the molecule is O=C(OCCN1CCOC1=O)c1cccc(NC(=O)C2CCCO2)c1. The van der Waals surface area contributed by atoms with E-state index in [1.807, 2.05) is 0 Å². The molecule has 2 aliphatic rings. The monoisotopic (exact) mass is 348 g/mol. The van der Waals surface area contributed by atoms with Gasteiger partial charge in [-0.2, -0.15) is 0 Å². The number of rotatable bonds is 6. The van der Waals surface area contributed by atoms with Gasteiger partial charge in [-0.25, -0.2) is 9.59 Å². The Morgan fingerprint density at radius 3 is 2.92 bits per heavy atom. The highest BCUT2D eigenvalue weighted by Crippen LogP contribution is 2.16. The third kappa shape index (κ3) is 4.48. The summed E-state index contributed by atoms with van der Waals surface area (Å²) in [5, 5.41) is 2.74. The Kier molecular flexibility index (Phi) is 5.49. The van der Waals surface area contributed by atoms with Crippen LogP contribution in [-0.4, -0.2) is 61.9 Å². The van der Waals surface area contributed by atoms with E-state index in [9.17, 15) is 14.4 Å². The number of nitrogens with one attached hydrogen (secondary N) is 1. The zero-order valence-corrected chi connectivity index (χ0v) is 13.7. The highest BCUT2D eigenvalue weighted by atomic mass is 16.6. The average Bonchev–Trinajstić information content (AvgIpc) is 3.27. The molecule has 2 amide bonds. The highest BCUT2D eigenvalue weighted by Gasteiger charge is 2.24. The molecule has 0 saturated carbocycles. The Labute approximate surface area is 145 Å². The Hall–Kier alpha value is -2.61. The van der Waals surface area contributed by atoms with Gasteiger partial charge in [-0.3, -0.25) is 4.79 Å². The van der Waals surface area contributed by atoms with Crippen LogP contribution in [-0.2, 0) is 19.0 Å². The van der Waals surface area contributed by atoms with Crippen LogP contribution in [0.2, 0.25) is 0 Å². The fraction of sp³-hybridized carbons (Fsp3) is 0.471. The molecule has 0 aliphatic carbocycles. The van der Waals surface area contributed by atoms with Gasteiger partial charge in [-0.1, -0.05) is 6.07 Å². The lowest BCUT2D eigenvalue weighted by molar-refractivity contribution is -0.124. The quantitative estimate of drug-likeness (QED) is 0.781. The number of amides is 2. The van der Waals surface area contributed by atoms with Crippen LogP contribution in [0, 0.1) is 0 Å². The van der Waals surface area contributed by atoms with E-state index in [1.54, 1.807) is 24.3 Å². The first-order valence-corrected chi connectivity index (χ1v) is 8.25. The van der Waals surface area contributed by atoms with Crippen molar-refractivity contribution in [2.75, 3.05) is 38.2 Å². The first kappa shape index (κ1) is 17.2. The van der Waals surface area contributed by atoms with Gasteiger partial charge in [0.1, 0.15) is 19.3 Å². The third-order valence-electron chi connectivity index (χ3n) is 4.03. The molecule has 2 aliphatic heterocycles. The lowest BCUT2D eigenvalue weighted by atomic mass is 10.2. The molecule has 0 spiro atoms. The van der Waals surface area contributed by atoms with E-state index in [2.05, 4.69) is 5.32 Å². The Bertz CT molecular complexity index is 656. The molecule has 1 N–H and O–H groups in total. The molecule has 8 nitrogen and oxygen atoms in total. The first-order valence-electron chi connectivity index (χ1n) is 8.25. The largest absolute Gasteiger partial charge is 0.460 e. The normalized spacial score (nSPS) is 19.6. The minimum absolute atomic E-state index is 0.0838. The summed E-state index contributed by atoms with van der Waals surface area (Å²) in [6.45, 7) is 1.83. The average molecular weight is 348 g/mol. The molecular weight excluding hydrogens is 328 g/mol. The second kappa shape index (κ2) is 7.98. The lowest BCUT2D eigenvalue weighted by Gasteiger charge is -2.13. The minimum atomic E-state index is -0.513. The van der Waals surface area contributed by atoms with E-state index >= 15 is 0 Å². The van der Waals surface area contributed by atoms with Gasteiger partial charge in [-0.05, 0) is 31.0 Å². The Morgan fingerprint density at radius 2 is 2.20 bits per heavy atom. The topological polar surface area (TPSA) is 94.2 Å². The number of cyclic esters (lactones) is 1. The lowest BCUT2D eigenvalue weighted by Crippen LogP contribution is -2.29. The molecule has 8 heteroatoms. The van der Waals surface area contributed by atoms with Gasteiger partial charge in [0.25, 0.3) is 5.91 Å². The Morgan fingerprint density at radius 1 is 1.32 bits per heavy atom. The van der Waals surface area contributed by atoms with E-state index in [4.69, 9.17) is 14.2 Å². The fourth-order valence-electron chi connectivity index (χ4n) is 2.69. The van der Waals surface area contributed by atoms with Gasteiger partial charge in [-0.15, -0.1) is 0 Å². The van der Waals surface area contributed by atoms with Crippen molar-refractivity contribution in [3.8, 4) is 0 Å². The summed E-state index contributed by atoms with van der Waals surface area (Å²) < 4.78 is 15.3. The fourth-order valence-corrected chi connectivity index (χ4v) is 2.69. The van der Waals surface area contributed by atoms with Gasteiger partial charge < -0.3 is 24.4 Å².